The average Bonchev–Trinajstić information content (AvgIpc) is 2.36. The van der Waals surface area contributed by atoms with E-state index in [1.807, 2.05) is 12.1 Å². The third-order valence-electron chi connectivity index (χ3n) is 5.09. The quantitative estimate of drug-likeness (QED) is 0.817. The molecule has 3 nitrogen and oxygen atoms in total. The van der Waals surface area contributed by atoms with Crippen LogP contribution < -0.4 is 9.89 Å². The summed E-state index contributed by atoms with van der Waals surface area (Å²) in [5.41, 5.74) is 1.48. The largest absolute Gasteiger partial charge is 0.543 e. The van der Waals surface area contributed by atoms with Crippen LogP contribution in [0.3, 0.4) is 0 Å². The maximum atomic E-state index is 9.46. The zero-order valence-corrected chi connectivity index (χ0v) is 16.3. The molecule has 0 aliphatic heterocycles. The van der Waals surface area contributed by atoms with Crippen molar-refractivity contribution < 1.29 is 14.5 Å². The third-order valence-corrected chi connectivity index (χ3v) is 9.43. The molecule has 1 rings (SSSR count). The first-order valence-electron chi connectivity index (χ1n) is 8.01. The van der Waals surface area contributed by atoms with E-state index >= 15 is 0 Å². The molecule has 0 unspecified atom stereocenters. The Balaban J connectivity index is 3.36. The van der Waals surface area contributed by atoms with Crippen LogP contribution in [0.5, 0.6) is 5.75 Å². The monoisotopic (exact) mass is 322 g/mol. The highest BCUT2D eigenvalue weighted by Gasteiger charge is 2.40. The Morgan fingerprint density at radius 2 is 1.64 bits per heavy atom. The lowest BCUT2D eigenvalue weighted by molar-refractivity contribution is 0.424. The molecular weight excluding hydrogens is 291 g/mol. The van der Waals surface area contributed by atoms with Gasteiger partial charge in [-0.2, -0.15) is 0 Å². The summed E-state index contributed by atoms with van der Waals surface area (Å²) in [6.45, 7) is 17.6. The van der Waals surface area contributed by atoms with E-state index in [-0.39, 0.29) is 10.5 Å². The molecule has 124 valence electrons. The minimum atomic E-state index is -1.94. The average molecular weight is 322 g/mol. The molecule has 5 heteroatoms. The Bertz CT molecular complexity index is 519. The van der Waals surface area contributed by atoms with Crippen molar-refractivity contribution in [1.82, 2.24) is 0 Å². The molecule has 0 bridgehead atoms. The second kappa shape index (κ2) is 6.38. The maximum absolute atomic E-state index is 9.46. The van der Waals surface area contributed by atoms with Crippen LogP contribution in [-0.2, 0) is 5.41 Å². The molecule has 0 heterocycles. The van der Waals surface area contributed by atoms with Gasteiger partial charge in [-0.25, -0.2) is 0 Å². The smallest absolute Gasteiger partial charge is 0.488 e. The van der Waals surface area contributed by atoms with Gasteiger partial charge in [0.05, 0.1) is 0 Å². The lowest BCUT2D eigenvalue weighted by atomic mass is 9.74. The van der Waals surface area contributed by atoms with Gasteiger partial charge in [0, 0.05) is 0 Å². The van der Waals surface area contributed by atoms with Gasteiger partial charge in [-0.1, -0.05) is 53.7 Å². The van der Waals surface area contributed by atoms with Crippen molar-refractivity contribution in [2.45, 2.75) is 71.5 Å². The van der Waals surface area contributed by atoms with Crippen LogP contribution in [0.1, 0.15) is 53.5 Å². The maximum Gasteiger partial charge on any atom is 0.488 e. The van der Waals surface area contributed by atoms with Crippen molar-refractivity contribution in [2.24, 2.45) is 0 Å². The van der Waals surface area contributed by atoms with Crippen LogP contribution in [0.2, 0.25) is 18.1 Å². The molecule has 0 amide bonds. The van der Waals surface area contributed by atoms with Crippen molar-refractivity contribution in [3.63, 3.8) is 0 Å². The SMILES string of the molecule is CCC(C)(C)c1cc(B(O)O)ccc1O[Si](C)(C)C(C)(C)C. The summed E-state index contributed by atoms with van der Waals surface area (Å²) < 4.78 is 6.50. The molecule has 0 atom stereocenters. The van der Waals surface area contributed by atoms with Crippen molar-refractivity contribution in [3.8, 4) is 5.75 Å². The van der Waals surface area contributed by atoms with E-state index < -0.39 is 15.4 Å². The van der Waals surface area contributed by atoms with Gasteiger partial charge in [0.2, 0.25) is 8.32 Å². The van der Waals surface area contributed by atoms with Crippen molar-refractivity contribution in [3.05, 3.63) is 23.8 Å². The molecule has 2 N–H and O–H groups in total. The normalized spacial score (nSPS) is 13.2. The zero-order chi connectivity index (χ0) is 17.3. The summed E-state index contributed by atoms with van der Waals surface area (Å²) in [6, 6.07) is 5.50. The van der Waals surface area contributed by atoms with E-state index in [2.05, 4.69) is 54.6 Å². The molecular formula is C17H31BO3Si. The van der Waals surface area contributed by atoms with Crippen molar-refractivity contribution in [1.29, 1.82) is 0 Å². The molecule has 0 fully saturated rings. The topological polar surface area (TPSA) is 49.7 Å². The summed E-state index contributed by atoms with van der Waals surface area (Å²) in [4.78, 5) is 0. The van der Waals surface area contributed by atoms with E-state index in [0.717, 1.165) is 17.7 Å². The molecule has 0 radical (unpaired) electrons. The minimum absolute atomic E-state index is 0.0808. The Labute approximate surface area is 137 Å². The molecule has 0 aliphatic rings. The fourth-order valence-corrected chi connectivity index (χ4v) is 2.98. The Morgan fingerprint density at radius 3 is 2.05 bits per heavy atom. The predicted octanol–water partition coefficient (Wildman–Crippen LogP) is 3.44. The highest BCUT2D eigenvalue weighted by molar-refractivity contribution is 6.74. The molecule has 0 saturated carbocycles. The van der Waals surface area contributed by atoms with Crippen LogP contribution in [-0.4, -0.2) is 25.5 Å². The van der Waals surface area contributed by atoms with Crippen LogP contribution in [0.15, 0.2) is 18.2 Å². The molecule has 0 saturated heterocycles. The van der Waals surface area contributed by atoms with Gasteiger partial charge in [-0.15, -0.1) is 0 Å². The van der Waals surface area contributed by atoms with Crippen molar-refractivity contribution >= 4 is 20.9 Å². The number of benzene rings is 1. The van der Waals surface area contributed by atoms with E-state index in [4.69, 9.17) is 4.43 Å². The van der Waals surface area contributed by atoms with Gasteiger partial charge in [-0.3, -0.25) is 0 Å². The molecule has 0 aliphatic carbocycles. The first-order chi connectivity index (χ1) is 9.82. The van der Waals surface area contributed by atoms with E-state index in [0.29, 0.717) is 5.46 Å². The summed E-state index contributed by atoms with van der Waals surface area (Å²) in [5, 5.41) is 19.0. The number of hydrogen-bond acceptors (Lipinski definition) is 3. The van der Waals surface area contributed by atoms with Gasteiger partial charge in [0.15, 0.2) is 0 Å². The fourth-order valence-electron chi connectivity index (χ4n) is 1.94. The molecule has 0 spiro atoms. The van der Waals surface area contributed by atoms with E-state index in [1.54, 1.807) is 6.07 Å². The molecule has 0 aromatic heterocycles. The van der Waals surface area contributed by atoms with Gasteiger partial charge in [-0.05, 0) is 47.1 Å². The highest BCUT2D eigenvalue weighted by Crippen LogP contribution is 2.40. The Morgan fingerprint density at radius 1 is 1.09 bits per heavy atom. The lowest BCUT2D eigenvalue weighted by Gasteiger charge is -2.38. The first kappa shape index (κ1) is 19.3. The Kier molecular flexibility index (Phi) is 5.59. The van der Waals surface area contributed by atoms with Crippen LogP contribution in [0.4, 0.5) is 0 Å². The number of rotatable bonds is 5. The molecule has 1 aromatic rings. The summed E-state index contributed by atoms with van der Waals surface area (Å²) in [6.07, 6.45) is 0.950. The standard InChI is InChI=1S/C17H31BO3Si/c1-9-17(5,6)14-12-13(18(19)20)10-11-15(14)21-22(7,8)16(2,3)4/h10-12,19-20H,9H2,1-8H3. The predicted molar refractivity (Wildman–Crippen MR) is 97.4 cm³/mol. The summed E-state index contributed by atoms with van der Waals surface area (Å²) in [5.74, 6) is 0.878. The van der Waals surface area contributed by atoms with Crippen molar-refractivity contribution in [2.75, 3.05) is 0 Å². The van der Waals surface area contributed by atoms with Crippen LogP contribution in [0.25, 0.3) is 0 Å². The lowest BCUT2D eigenvalue weighted by Crippen LogP contribution is -2.44. The summed E-state index contributed by atoms with van der Waals surface area (Å²) >= 11 is 0. The molecule has 22 heavy (non-hydrogen) atoms. The second-order valence-electron chi connectivity index (χ2n) is 8.23. The van der Waals surface area contributed by atoms with Crippen LogP contribution in [0, 0.1) is 0 Å². The van der Waals surface area contributed by atoms with E-state index in [1.165, 1.54) is 0 Å². The molecule has 1 aromatic carbocycles. The fraction of sp³-hybridized carbons (Fsp3) is 0.647. The third kappa shape index (κ3) is 4.15. The van der Waals surface area contributed by atoms with Gasteiger partial charge in [0.1, 0.15) is 5.75 Å². The minimum Gasteiger partial charge on any atom is -0.543 e. The number of hydrogen-bond donors (Lipinski definition) is 2. The van der Waals surface area contributed by atoms with Gasteiger partial charge in [0.25, 0.3) is 0 Å². The highest BCUT2D eigenvalue weighted by atomic mass is 28.4. The Hall–Kier alpha value is -0.778. The van der Waals surface area contributed by atoms with Gasteiger partial charge < -0.3 is 14.5 Å². The van der Waals surface area contributed by atoms with Gasteiger partial charge >= 0.3 is 7.12 Å². The van der Waals surface area contributed by atoms with Crippen LogP contribution >= 0.6 is 0 Å². The second-order valence-corrected chi connectivity index (χ2v) is 13.0. The zero-order valence-electron chi connectivity index (χ0n) is 15.3. The first-order valence-corrected chi connectivity index (χ1v) is 10.9. The summed E-state index contributed by atoms with van der Waals surface area (Å²) in [7, 11) is -3.39. The van der Waals surface area contributed by atoms with E-state index in [9.17, 15) is 10.0 Å².